The molecule has 0 radical (unpaired) electrons. The van der Waals surface area contributed by atoms with Crippen LogP contribution in [-0.4, -0.2) is 15.5 Å². The molecule has 24 heavy (non-hydrogen) atoms. The third-order valence-electron chi connectivity index (χ3n) is 4.76. The van der Waals surface area contributed by atoms with E-state index < -0.39 is 5.82 Å². The van der Waals surface area contributed by atoms with Gasteiger partial charge in [0.05, 0.1) is 17.4 Å². The van der Waals surface area contributed by atoms with Crippen LogP contribution in [0.3, 0.4) is 0 Å². The molecule has 2 unspecified atom stereocenters. The number of nitrogens with one attached hydrogen (secondary N) is 1. The van der Waals surface area contributed by atoms with Gasteiger partial charge in [-0.2, -0.15) is 0 Å². The van der Waals surface area contributed by atoms with Gasteiger partial charge in [-0.25, -0.2) is 4.39 Å². The fourth-order valence-electron chi connectivity index (χ4n) is 3.15. The van der Waals surface area contributed by atoms with Crippen LogP contribution < -0.4 is 5.32 Å². The van der Waals surface area contributed by atoms with E-state index >= 15 is 0 Å². The largest absolute Gasteiger partial charge is 0.346 e. The molecule has 0 aliphatic heterocycles. The lowest BCUT2D eigenvalue weighted by molar-refractivity contribution is 0.102. The highest BCUT2D eigenvalue weighted by Crippen LogP contribution is 2.40. The van der Waals surface area contributed by atoms with Crippen LogP contribution >= 0.6 is 0 Å². The number of amides is 1. The summed E-state index contributed by atoms with van der Waals surface area (Å²) < 4.78 is 15.9. The number of pyridine rings is 1. The van der Waals surface area contributed by atoms with Crippen molar-refractivity contribution in [2.24, 2.45) is 11.8 Å². The molecule has 1 amide bonds. The highest BCUT2D eigenvalue weighted by Gasteiger charge is 2.33. The Morgan fingerprint density at radius 2 is 2.17 bits per heavy atom. The number of para-hydroxylation sites is 1. The standard InChI is InChI=1S/C19H18FN3O/c1-12-8-13(12)10-23-11-15(14-4-2-3-5-18(14)23)19(24)22-17-6-7-21-9-16(17)20/h2-7,9,11-13H,8,10H2,1H3,(H,21,22,24). The summed E-state index contributed by atoms with van der Waals surface area (Å²) >= 11 is 0. The Morgan fingerprint density at radius 1 is 1.38 bits per heavy atom. The molecule has 2 atom stereocenters. The minimum absolute atomic E-state index is 0.141. The lowest BCUT2D eigenvalue weighted by Crippen LogP contribution is -2.12. The molecule has 122 valence electrons. The van der Waals surface area contributed by atoms with E-state index in [1.807, 2.05) is 30.5 Å². The number of halogens is 1. The van der Waals surface area contributed by atoms with E-state index in [9.17, 15) is 9.18 Å². The van der Waals surface area contributed by atoms with Crippen molar-refractivity contribution in [2.75, 3.05) is 5.32 Å². The second-order valence-corrected chi connectivity index (χ2v) is 6.49. The lowest BCUT2D eigenvalue weighted by atomic mass is 10.1. The van der Waals surface area contributed by atoms with Crippen LogP contribution in [0.1, 0.15) is 23.7 Å². The smallest absolute Gasteiger partial charge is 0.257 e. The van der Waals surface area contributed by atoms with Crippen molar-refractivity contribution in [1.82, 2.24) is 9.55 Å². The van der Waals surface area contributed by atoms with Crippen molar-refractivity contribution in [2.45, 2.75) is 19.9 Å². The number of carbonyl (C=O) groups is 1. The molecule has 1 fully saturated rings. The van der Waals surface area contributed by atoms with Gasteiger partial charge < -0.3 is 9.88 Å². The van der Waals surface area contributed by atoms with Gasteiger partial charge in [0.1, 0.15) is 0 Å². The Bertz CT molecular complexity index is 918. The van der Waals surface area contributed by atoms with E-state index in [2.05, 4.69) is 21.8 Å². The number of hydrogen-bond acceptors (Lipinski definition) is 2. The molecule has 1 aromatic carbocycles. The lowest BCUT2D eigenvalue weighted by Gasteiger charge is -2.04. The maximum atomic E-state index is 13.7. The molecule has 4 rings (SSSR count). The Kier molecular flexibility index (Phi) is 3.56. The minimum Gasteiger partial charge on any atom is -0.346 e. The Balaban J connectivity index is 1.68. The molecule has 1 aliphatic carbocycles. The molecule has 1 N–H and O–H groups in total. The number of rotatable bonds is 4. The highest BCUT2D eigenvalue weighted by atomic mass is 19.1. The topological polar surface area (TPSA) is 46.9 Å². The van der Waals surface area contributed by atoms with Crippen molar-refractivity contribution >= 4 is 22.5 Å². The van der Waals surface area contributed by atoms with Crippen molar-refractivity contribution < 1.29 is 9.18 Å². The summed E-state index contributed by atoms with van der Waals surface area (Å²) in [5, 5.41) is 3.53. The molecule has 2 heterocycles. The maximum Gasteiger partial charge on any atom is 0.257 e. The van der Waals surface area contributed by atoms with Crippen LogP contribution in [0.15, 0.2) is 48.9 Å². The van der Waals surface area contributed by atoms with Gasteiger partial charge in [0.2, 0.25) is 0 Å². The molecule has 0 spiro atoms. The highest BCUT2D eigenvalue weighted by molar-refractivity contribution is 6.13. The van der Waals surface area contributed by atoms with Crippen LogP contribution in [0, 0.1) is 17.7 Å². The van der Waals surface area contributed by atoms with E-state index in [1.54, 1.807) is 0 Å². The van der Waals surface area contributed by atoms with Crippen molar-refractivity contribution in [3.8, 4) is 0 Å². The van der Waals surface area contributed by atoms with Gasteiger partial charge in [-0.3, -0.25) is 9.78 Å². The summed E-state index contributed by atoms with van der Waals surface area (Å²) in [6, 6.07) is 9.29. The van der Waals surface area contributed by atoms with Gasteiger partial charge in [-0.1, -0.05) is 25.1 Å². The zero-order chi connectivity index (χ0) is 16.7. The summed E-state index contributed by atoms with van der Waals surface area (Å²) in [5.41, 5.74) is 1.75. The van der Waals surface area contributed by atoms with Gasteiger partial charge in [0, 0.05) is 29.8 Å². The maximum absolute atomic E-state index is 13.7. The Labute approximate surface area is 139 Å². The molecule has 0 bridgehead atoms. The van der Waals surface area contributed by atoms with E-state index in [0.717, 1.165) is 29.6 Å². The summed E-state index contributed by atoms with van der Waals surface area (Å²) in [5.74, 6) is 0.573. The molecule has 0 saturated heterocycles. The van der Waals surface area contributed by atoms with Crippen LogP contribution in [0.25, 0.3) is 10.9 Å². The predicted octanol–water partition coefficient (Wildman–Crippen LogP) is 4.08. The molecule has 4 nitrogen and oxygen atoms in total. The van der Waals surface area contributed by atoms with E-state index in [0.29, 0.717) is 11.5 Å². The van der Waals surface area contributed by atoms with Crippen LogP contribution in [-0.2, 0) is 6.54 Å². The first-order valence-corrected chi connectivity index (χ1v) is 8.12. The second kappa shape index (κ2) is 5.74. The average molecular weight is 323 g/mol. The summed E-state index contributed by atoms with van der Waals surface area (Å²) in [4.78, 5) is 16.3. The van der Waals surface area contributed by atoms with Gasteiger partial charge >= 0.3 is 0 Å². The van der Waals surface area contributed by atoms with Gasteiger partial charge in [0.25, 0.3) is 5.91 Å². The van der Waals surface area contributed by atoms with E-state index in [-0.39, 0.29) is 11.6 Å². The zero-order valence-electron chi connectivity index (χ0n) is 13.4. The average Bonchev–Trinajstić information content (AvgIpc) is 3.15. The number of nitrogens with zero attached hydrogens (tertiary/aromatic N) is 2. The summed E-state index contributed by atoms with van der Waals surface area (Å²) in [7, 11) is 0. The van der Waals surface area contributed by atoms with Crippen LogP contribution in [0.2, 0.25) is 0 Å². The third-order valence-corrected chi connectivity index (χ3v) is 4.76. The summed E-state index contributed by atoms with van der Waals surface area (Å²) in [6.45, 7) is 3.16. The van der Waals surface area contributed by atoms with Crippen molar-refractivity contribution in [3.63, 3.8) is 0 Å². The molecular weight excluding hydrogens is 305 g/mol. The molecule has 1 aliphatic rings. The fourth-order valence-corrected chi connectivity index (χ4v) is 3.15. The van der Waals surface area contributed by atoms with E-state index in [4.69, 9.17) is 0 Å². The van der Waals surface area contributed by atoms with Crippen LogP contribution in [0.5, 0.6) is 0 Å². The fraction of sp³-hybridized carbons (Fsp3) is 0.263. The normalized spacial score (nSPS) is 19.4. The number of fused-ring (bicyclic) bond motifs is 1. The van der Waals surface area contributed by atoms with Gasteiger partial charge in [-0.15, -0.1) is 0 Å². The third kappa shape index (κ3) is 2.66. The first-order valence-electron chi connectivity index (χ1n) is 8.12. The molecular formula is C19H18FN3O. The second-order valence-electron chi connectivity index (χ2n) is 6.49. The van der Waals surface area contributed by atoms with Crippen molar-refractivity contribution in [3.05, 3.63) is 60.3 Å². The molecule has 2 aromatic heterocycles. The summed E-state index contributed by atoms with van der Waals surface area (Å²) in [6.07, 6.45) is 5.66. The zero-order valence-corrected chi connectivity index (χ0v) is 13.4. The number of carbonyl (C=O) groups excluding carboxylic acids is 1. The monoisotopic (exact) mass is 323 g/mol. The number of aromatic nitrogens is 2. The van der Waals surface area contributed by atoms with Crippen LogP contribution in [0.4, 0.5) is 10.1 Å². The van der Waals surface area contributed by atoms with Crippen molar-refractivity contribution in [1.29, 1.82) is 0 Å². The van der Waals surface area contributed by atoms with E-state index in [1.165, 1.54) is 18.7 Å². The number of anilines is 1. The SMILES string of the molecule is CC1CC1Cn1cc(C(=O)Nc2ccncc2F)c2ccccc21. The number of benzene rings is 1. The minimum atomic E-state index is -0.540. The Hall–Kier alpha value is -2.69. The Morgan fingerprint density at radius 3 is 2.92 bits per heavy atom. The first-order chi connectivity index (χ1) is 11.6. The molecule has 3 aromatic rings. The van der Waals surface area contributed by atoms with Gasteiger partial charge in [-0.05, 0) is 30.4 Å². The molecule has 5 heteroatoms. The van der Waals surface area contributed by atoms with Gasteiger partial charge in [0.15, 0.2) is 5.82 Å². The predicted molar refractivity (Wildman–Crippen MR) is 91.4 cm³/mol. The first kappa shape index (κ1) is 14.9. The molecule has 1 saturated carbocycles. The quantitative estimate of drug-likeness (QED) is 0.786. The number of hydrogen-bond donors (Lipinski definition) is 1.